The largest absolute Gasteiger partial charge is 0.307 e. The van der Waals surface area contributed by atoms with Gasteiger partial charge in [0.1, 0.15) is 0 Å². The van der Waals surface area contributed by atoms with E-state index in [2.05, 4.69) is 6.92 Å². The van der Waals surface area contributed by atoms with Gasteiger partial charge in [0, 0.05) is 16.7 Å². The van der Waals surface area contributed by atoms with Gasteiger partial charge >= 0.3 is 0 Å². The van der Waals surface area contributed by atoms with Gasteiger partial charge < -0.3 is 4.90 Å². The number of anilines is 1. The van der Waals surface area contributed by atoms with Crippen LogP contribution in [0.3, 0.4) is 0 Å². The van der Waals surface area contributed by atoms with Crippen LogP contribution < -0.4 is 4.90 Å². The minimum Gasteiger partial charge on any atom is -0.307 e. The number of fused-ring (bicyclic) bond motifs is 1. The van der Waals surface area contributed by atoms with Crippen molar-refractivity contribution < 1.29 is 13.6 Å². The first-order valence-corrected chi connectivity index (χ1v) is 8.45. The van der Waals surface area contributed by atoms with Crippen LogP contribution in [0.15, 0.2) is 41.3 Å². The molecule has 0 fully saturated rings. The van der Waals surface area contributed by atoms with Crippen LogP contribution in [0.25, 0.3) is 0 Å². The Morgan fingerprint density at radius 3 is 2.74 bits per heavy atom. The zero-order valence-electron chi connectivity index (χ0n) is 12.4. The quantitative estimate of drug-likeness (QED) is 0.661. The first kappa shape index (κ1) is 16.3. The third-order valence-corrected chi connectivity index (χ3v) is 5.28. The Labute approximate surface area is 142 Å². The van der Waals surface area contributed by atoms with Crippen LogP contribution in [0.5, 0.6) is 0 Å². The Morgan fingerprint density at radius 2 is 1.96 bits per heavy atom. The van der Waals surface area contributed by atoms with Crippen molar-refractivity contribution in [3.8, 4) is 0 Å². The fraction of sp³-hybridized carbons (Fsp3) is 0.235. The maximum absolute atomic E-state index is 13.5. The first-order valence-electron chi connectivity index (χ1n) is 7.19. The van der Waals surface area contributed by atoms with Crippen molar-refractivity contribution in [1.82, 2.24) is 0 Å². The lowest BCUT2D eigenvalue weighted by Gasteiger charge is -2.23. The van der Waals surface area contributed by atoms with E-state index in [0.717, 1.165) is 29.1 Å². The van der Waals surface area contributed by atoms with Gasteiger partial charge in [-0.3, -0.25) is 4.79 Å². The molecule has 23 heavy (non-hydrogen) atoms. The molecular formula is C17H14ClF2NOS. The second-order valence-corrected chi connectivity index (χ2v) is 7.28. The second kappa shape index (κ2) is 6.49. The molecule has 2 nitrogen and oxygen atoms in total. The van der Waals surface area contributed by atoms with Crippen LogP contribution in [0.4, 0.5) is 14.5 Å². The van der Waals surface area contributed by atoms with Gasteiger partial charge in [0.15, 0.2) is 11.6 Å². The summed E-state index contributed by atoms with van der Waals surface area (Å²) in [6.45, 7) is 2.60. The molecule has 1 atom stereocenters. The molecule has 3 rings (SSSR count). The molecule has 0 saturated carbocycles. The van der Waals surface area contributed by atoms with E-state index in [9.17, 15) is 13.6 Å². The Morgan fingerprint density at radius 1 is 1.26 bits per heavy atom. The molecule has 1 amide bonds. The predicted molar refractivity (Wildman–Crippen MR) is 89.4 cm³/mol. The lowest BCUT2D eigenvalue weighted by Crippen LogP contribution is -2.32. The first-order chi connectivity index (χ1) is 11.0. The molecule has 6 heteroatoms. The van der Waals surface area contributed by atoms with E-state index >= 15 is 0 Å². The molecule has 0 radical (unpaired) electrons. The van der Waals surface area contributed by atoms with Crippen molar-refractivity contribution in [2.75, 3.05) is 11.4 Å². The normalized spacial score (nSPS) is 17.6. The smallest absolute Gasteiger partial charge is 0.259 e. The molecule has 2 aromatic carbocycles. The average molecular weight is 354 g/mol. The fourth-order valence-corrected chi connectivity index (χ4v) is 3.87. The maximum atomic E-state index is 13.5. The Kier molecular flexibility index (Phi) is 4.60. The second-order valence-electron chi connectivity index (χ2n) is 5.39. The van der Waals surface area contributed by atoms with E-state index in [1.54, 1.807) is 16.7 Å². The van der Waals surface area contributed by atoms with Crippen molar-refractivity contribution in [3.63, 3.8) is 0 Å². The lowest BCUT2D eigenvalue weighted by atomic mass is 10.1. The van der Waals surface area contributed by atoms with E-state index in [1.807, 2.05) is 24.3 Å². The number of benzene rings is 2. The van der Waals surface area contributed by atoms with E-state index in [0.29, 0.717) is 11.8 Å². The number of nitrogens with zero attached hydrogens (tertiary/aromatic N) is 1. The van der Waals surface area contributed by atoms with Crippen molar-refractivity contribution in [1.29, 1.82) is 0 Å². The van der Waals surface area contributed by atoms with Crippen LogP contribution in [0.1, 0.15) is 23.7 Å². The highest BCUT2D eigenvalue weighted by Crippen LogP contribution is 2.38. The molecule has 0 spiro atoms. The van der Waals surface area contributed by atoms with Crippen molar-refractivity contribution in [2.24, 2.45) is 0 Å². The summed E-state index contributed by atoms with van der Waals surface area (Å²) in [5.41, 5.74) is 0.743. The number of amides is 1. The molecule has 0 aromatic heterocycles. The van der Waals surface area contributed by atoms with Gasteiger partial charge in [0.05, 0.1) is 16.3 Å². The summed E-state index contributed by atoms with van der Waals surface area (Å²) in [6.07, 6.45) is 0.798. The van der Waals surface area contributed by atoms with Crippen LogP contribution >= 0.6 is 23.4 Å². The van der Waals surface area contributed by atoms with Crippen molar-refractivity contribution >= 4 is 35.0 Å². The number of hydrogen-bond donors (Lipinski definition) is 0. The summed E-state index contributed by atoms with van der Waals surface area (Å²) >= 11 is 7.65. The van der Waals surface area contributed by atoms with Gasteiger partial charge in [-0.05, 0) is 30.7 Å². The van der Waals surface area contributed by atoms with E-state index in [4.69, 9.17) is 11.6 Å². The standard InChI is InChI=1S/C17H14ClF2NOS/c1-10-6-7-21(15-4-2-3-5-16(15)23-10)17(22)11-8-13(19)14(20)9-12(11)18/h2-5,8-10H,6-7H2,1H3. The molecule has 0 saturated heterocycles. The van der Waals surface area contributed by atoms with Gasteiger partial charge in [-0.2, -0.15) is 0 Å². The number of para-hydroxylation sites is 1. The Hall–Kier alpha value is -1.59. The van der Waals surface area contributed by atoms with Gasteiger partial charge in [0.2, 0.25) is 0 Å². The summed E-state index contributed by atoms with van der Waals surface area (Å²) in [5, 5.41) is 0.269. The number of halogens is 3. The summed E-state index contributed by atoms with van der Waals surface area (Å²) in [4.78, 5) is 15.4. The molecule has 1 aliphatic heterocycles. The van der Waals surface area contributed by atoms with Crippen LogP contribution in [-0.2, 0) is 0 Å². The highest BCUT2D eigenvalue weighted by Gasteiger charge is 2.27. The van der Waals surface area contributed by atoms with Gasteiger partial charge in [0.25, 0.3) is 5.91 Å². The molecule has 120 valence electrons. The Balaban J connectivity index is 2.04. The third kappa shape index (κ3) is 3.21. The summed E-state index contributed by atoms with van der Waals surface area (Å²) < 4.78 is 26.7. The maximum Gasteiger partial charge on any atom is 0.259 e. The summed E-state index contributed by atoms with van der Waals surface area (Å²) in [6, 6.07) is 9.27. The highest BCUT2D eigenvalue weighted by molar-refractivity contribution is 8.00. The van der Waals surface area contributed by atoms with Crippen LogP contribution in [-0.4, -0.2) is 17.7 Å². The minimum atomic E-state index is -1.08. The third-order valence-electron chi connectivity index (χ3n) is 3.73. The number of rotatable bonds is 1. The zero-order chi connectivity index (χ0) is 16.6. The lowest BCUT2D eigenvalue weighted by molar-refractivity contribution is 0.0986. The van der Waals surface area contributed by atoms with E-state index < -0.39 is 17.5 Å². The van der Waals surface area contributed by atoms with E-state index in [-0.39, 0.29) is 10.6 Å². The zero-order valence-corrected chi connectivity index (χ0v) is 13.9. The number of thioether (sulfide) groups is 1. The molecule has 0 bridgehead atoms. The fourth-order valence-electron chi connectivity index (χ4n) is 2.53. The van der Waals surface area contributed by atoms with E-state index in [1.165, 1.54) is 0 Å². The van der Waals surface area contributed by atoms with Crippen molar-refractivity contribution in [3.05, 3.63) is 58.6 Å². The Bertz CT molecular complexity index is 768. The summed E-state index contributed by atoms with van der Waals surface area (Å²) in [7, 11) is 0. The van der Waals surface area contributed by atoms with Gasteiger partial charge in [-0.1, -0.05) is 30.7 Å². The SMILES string of the molecule is CC1CCN(C(=O)c2cc(F)c(F)cc2Cl)c2ccccc2S1. The van der Waals surface area contributed by atoms with Crippen LogP contribution in [0, 0.1) is 11.6 Å². The molecule has 1 heterocycles. The van der Waals surface area contributed by atoms with Gasteiger partial charge in [-0.25, -0.2) is 8.78 Å². The molecule has 0 aliphatic carbocycles. The molecule has 1 unspecified atom stereocenters. The molecule has 0 N–H and O–H groups in total. The number of hydrogen-bond acceptors (Lipinski definition) is 2. The highest BCUT2D eigenvalue weighted by atomic mass is 35.5. The minimum absolute atomic E-state index is 0.0278. The van der Waals surface area contributed by atoms with Crippen LogP contribution in [0.2, 0.25) is 5.02 Å². The monoisotopic (exact) mass is 353 g/mol. The molecule has 2 aromatic rings. The van der Waals surface area contributed by atoms with Crippen molar-refractivity contribution in [2.45, 2.75) is 23.5 Å². The topological polar surface area (TPSA) is 20.3 Å². The van der Waals surface area contributed by atoms with Gasteiger partial charge in [-0.15, -0.1) is 11.8 Å². The molecule has 1 aliphatic rings. The number of carbonyl (C=O) groups is 1. The number of carbonyl (C=O) groups excluding carboxylic acids is 1. The summed E-state index contributed by atoms with van der Waals surface area (Å²) in [5.74, 6) is -2.56. The molecular weight excluding hydrogens is 340 g/mol. The predicted octanol–water partition coefficient (Wildman–Crippen LogP) is 5.15. The average Bonchev–Trinajstić information content (AvgIpc) is 2.68.